The third-order valence-electron chi connectivity index (χ3n) is 3.12. The SMILES string of the molecule is C=CCOC1CCN(c2sc(S(C)(=O)=O)cc2[N+](=O)[O-])C1. The summed E-state index contributed by atoms with van der Waals surface area (Å²) in [6, 6.07) is 1.13. The summed E-state index contributed by atoms with van der Waals surface area (Å²) >= 11 is 0.938. The molecule has 1 saturated heterocycles. The van der Waals surface area contributed by atoms with Gasteiger partial charge in [-0.15, -0.1) is 6.58 Å². The molecule has 0 N–H and O–H groups in total. The standard InChI is InChI=1S/C12H16N2O5S2/c1-3-6-19-9-4-5-13(8-9)12-10(14(15)16)7-11(20-12)21(2,17)18/h3,7,9H,1,4-6,8H2,2H3. The fraction of sp³-hybridized carbons (Fsp3) is 0.500. The van der Waals surface area contributed by atoms with Crippen LogP contribution in [0.1, 0.15) is 6.42 Å². The van der Waals surface area contributed by atoms with Gasteiger partial charge in [0, 0.05) is 25.4 Å². The zero-order chi connectivity index (χ0) is 15.6. The van der Waals surface area contributed by atoms with Crippen molar-refractivity contribution < 1.29 is 18.1 Å². The van der Waals surface area contributed by atoms with E-state index in [4.69, 9.17) is 4.74 Å². The third-order valence-corrected chi connectivity index (χ3v) is 6.10. The van der Waals surface area contributed by atoms with Gasteiger partial charge >= 0.3 is 5.69 Å². The van der Waals surface area contributed by atoms with Crippen LogP contribution >= 0.6 is 11.3 Å². The quantitative estimate of drug-likeness (QED) is 0.448. The van der Waals surface area contributed by atoms with Gasteiger partial charge in [-0.3, -0.25) is 10.1 Å². The lowest BCUT2D eigenvalue weighted by molar-refractivity contribution is -0.383. The van der Waals surface area contributed by atoms with Crippen molar-refractivity contribution in [2.45, 2.75) is 16.7 Å². The Morgan fingerprint density at radius 1 is 1.67 bits per heavy atom. The van der Waals surface area contributed by atoms with Gasteiger partial charge < -0.3 is 9.64 Å². The smallest absolute Gasteiger partial charge is 0.305 e. The second kappa shape index (κ2) is 6.12. The molecule has 0 amide bonds. The van der Waals surface area contributed by atoms with E-state index >= 15 is 0 Å². The highest BCUT2D eigenvalue weighted by molar-refractivity contribution is 7.92. The zero-order valence-electron chi connectivity index (χ0n) is 11.5. The number of rotatable bonds is 6. The molecule has 0 spiro atoms. The third kappa shape index (κ3) is 3.60. The minimum absolute atomic E-state index is 0.0136. The molecule has 2 heterocycles. The summed E-state index contributed by atoms with van der Waals surface area (Å²) in [7, 11) is -3.45. The lowest BCUT2D eigenvalue weighted by Crippen LogP contribution is -2.22. The van der Waals surface area contributed by atoms with Crippen molar-refractivity contribution in [1.82, 2.24) is 0 Å². The minimum Gasteiger partial charge on any atom is -0.372 e. The molecule has 1 unspecified atom stereocenters. The Kier molecular flexibility index (Phi) is 4.64. The van der Waals surface area contributed by atoms with Crippen LogP contribution in [0.4, 0.5) is 10.7 Å². The first-order valence-corrected chi connectivity index (χ1v) is 8.99. The molecule has 9 heteroatoms. The average molecular weight is 332 g/mol. The van der Waals surface area contributed by atoms with E-state index in [1.54, 1.807) is 6.08 Å². The highest BCUT2D eigenvalue weighted by Gasteiger charge is 2.32. The molecule has 0 aromatic carbocycles. The summed E-state index contributed by atoms with van der Waals surface area (Å²) < 4.78 is 28.7. The lowest BCUT2D eigenvalue weighted by atomic mass is 10.3. The van der Waals surface area contributed by atoms with Crippen LogP contribution in [0.5, 0.6) is 0 Å². The molecule has 0 saturated carbocycles. The molecule has 0 aliphatic carbocycles. The predicted molar refractivity (Wildman–Crippen MR) is 80.9 cm³/mol. The molecule has 116 valence electrons. The van der Waals surface area contributed by atoms with Crippen LogP contribution < -0.4 is 4.90 Å². The van der Waals surface area contributed by atoms with E-state index in [9.17, 15) is 18.5 Å². The Morgan fingerprint density at radius 2 is 2.38 bits per heavy atom. The summed E-state index contributed by atoms with van der Waals surface area (Å²) in [4.78, 5) is 12.4. The first-order chi connectivity index (χ1) is 9.82. The van der Waals surface area contributed by atoms with E-state index in [2.05, 4.69) is 6.58 Å². The number of hydrogen-bond donors (Lipinski definition) is 0. The summed E-state index contributed by atoms with van der Waals surface area (Å²) in [6.07, 6.45) is 3.42. The van der Waals surface area contributed by atoms with Crippen molar-refractivity contribution in [3.05, 3.63) is 28.8 Å². The van der Waals surface area contributed by atoms with E-state index in [-0.39, 0.29) is 16.0 Å². The van der Waals surface area contributed by atoms with Crippen LogP contribution in [0.25, 0.3) is 0 Å². The first-order valence-electron chi connectivity index (χ1n) is 6.28. The van der Waals surface area contributed by atoms with Gasteiger partial charge in [-0.05, 0) is 6.42 Å². The Labute approximate surface area is 126 Å². The van der Waals surface area contributed by atoms with Gasteiger partial charge in [-0.25, -0.2) is 8.42 Å². The Balaban J connectivity index is 2.25. The summed E-state index contributed by atoms with van der Waals surface area (Å²) in [6.45, 7) is 5.12. The monoisotopic (exact) mass is 332 g/mol. The molecule has 1 atom stereocenters. The molecular formula is C12H16N2O5S2. The van der Waals surface area contributed by atoms with Crippen molar-refractivity contribution in [3.8, 4) is 0 Å². The highest BCUT2D eigenvalue weighted by Crippen LogP contribution is 2.41. The van der Waals surface area contributed by atoms with Gasteiger partial charge in [-0.2, -0.15) is 0 Å². The number of hydrogen-bond acceptors (Lipinski definition) is 7. The van der Waals surface area contributed by atoms with Crippen LogP contribution in [-0.2, 0) is 14.6 Å². The van der Waals surface area contributed by atoms with Gasteiger partial charge in [0.05, 0.1) is 17.6 Å². The van der Waals surface area contributed by atoms with Gasteiger partial charge in [0.1, 0.15) is 4.21 Å². The Bertz CT molecular complexity index is 653. The largest absolute Gasteiger partial charge is 0.372 e. The lowest BCUT2D eigenvalue weighted by Gasteiger charge is -2.15. The molecule has 0 radical (unpaired) electrons. The van der Waals surface area contributed by atoms with Gasteiger partial charge in [-0.1, -0.05) is 17.4 Å². The average Bonchev–Trinajstić information content (AvgIpc) is 3.01. The normalized spacial score (nSPS) is 18.9. The highest BCUT2D eigenvalue weighted by atomic mass is 32.2. The number of ether oxygens (including phenoxy) is 1. The maximum atomic E-state index is 11.6. The van der Waals surface area contributed by atoms with Crippen molar-refractivity contribution in [2.24, 2.45) is 0 Å². The molecular weight excluding hydrogens is 316 g/mol. The van der Waals surface area contributed by atoms with Crippen molar-refractivity contribution in [1.29, 1.82) is 0 Å². The van der Waals surface area contributed by atoms with E-state index in [1.165, 1.54) is 0 Å². The maximum Gasteiger partial charge on any atom is 0.305 e. The molecule has 1 aliphatic heterocycles. The summed E-state index contributed by atoms with van der Waals surface area (Å²) in [5, 5.41) is 11.5. The van der Waals surface area contributed by atoms with Crippen LogP contribution in [0.2, 0.25) is 0 Å². The molecule has 2 rings (SSSR count). The van der Waals surface area contributed by atoms with Crippen LogP contribution in [-0.4, -0.2) is 45.4 Å². The molecule has 0 bridgehead atoms. The molecule has 1 aliphatic rings. The van der Waals surface area contributed by atoms with Gasteiger partial charge in [0.2, 0.25) is 0 Å². The Hall–Kier alpha value is -1.45. The van der Waals surface area contributed by atoms with E-state index in [0.29, 0.717) is 24.7 Å². The maximum absolute atomic E-state index is 11.6. The fourth-order valence-corrected chi connectivity index (χ4v) is 4.21. The number of sulfone groups is 1. The topological polar surface area (TPSA) is 89.8 Å². The molecule has 7 nitrogen and oxygen atoms in total. The van der Waals surface area contributed by atoms with Crippen molar-refractivity contribution in [2.75, 3.05) is 30.9 Å². The molecule has 1 aromatic rings. The van der Waals surface area contributed by atoms with Gasteiger partial charge in [0.25, 0.3) is 0 Å². The number of nitro groups is 1. The van der Waals surface area contributed by atoms with Crippen molar-refractivity contribution in [3.63, 3.8) is 0 Å². The predicted octanol–water partition coefficient (Wildman–Crippen LogP) is 1.84. The summed E-state index contributed by atoms with van der Waals surface area (Å²) in [5.74, 6) is 0. The van der Waals surface area contributed by atoms with E-state index < -0.39 is 14.8 Å². The zero-order valence-corrected chi connectivity index (χ0v) is 13.2. The van der Waals surface area contributed by atoms with Gasteiger partial charge in [0.15, 0.2) is 14.8 Å². The Morgan fingerprint density at radius 3 is 2.95 bits per heavy atom. The van der Waals surface area contributed by atoms with Crippen LogP contribution in [0.15, 0.2) is 22.9 Å². The van der Waals surface area contributed by atoms with E-state index in [0.717, 1.165) is 30.1 Å². The number of thiophene rings is 1. The summed E-state index contributed by atoms with van der Waals surface area (Å²) in [5.41, 5.74) is -0.162. The molecule has 1 aromatic heterocycles. The molecule has 21 heavy (non-hydrogen) atoms. The minimum atomic E-state index is -3.45. The number of nitrogens with zero attached hydrogens (tertiary/aromatic N) is 2. The number of anilines is 1. The first kappa shape index (κ1) is 15.9. The van der Waals surface area contributed by atoms with Crippen LogP contribution in [0, 0.1) is 10.1 Å². The van der Waals surface area contributed by atoms with Crippen molar-refractivity contribution >= 4 is 31.9 Å². The fourth-order valence-electron chi connectivity index (χ4n) is 2.14. The van der Waals surface area contributed by atoms with E-state index in [1.807, 2.05) is 4.90 Å². The van der Waals surface area contributed by atoms with Crippen LogP contribution in [0.3, 0.4) is 0 Å². The molecule has 1 fully saturated rings. The second-order valence-corrected chi connectivity index (χ2v) is 8.04. The second-order valence-electron chi connectivity index (χ2n) is 4.76.